The van der Waals surface area contributed by atoms with Crippen molar-refractivity contribution in [3.63, 3.8) is 0 Å². The number of hydrogen-bond donors (Lipinski definition) is 2. The Hall–Kier alpha value is -5.32. The van der Waals surface area contributed by atoms with E-state index in [-0.39, 0.29) is 50.2 Å². The van der Waals surface area contributed by atoms with Crippen molar-refractivity contribution in [3.8, 4) is 23.6 Å². The molecule has 0 bridgehead atoms. The second kappa shape index (κ2) is 13.0. The van der Waals surface area contributed by atoms with Crippen LogP contribution in [0.25, 0.3) is 17.2 Å². The first kappa shape index (κ1) is 34.7. The van der Waals surface area contributed by atoms with Gasteiger partial charge in [0.15, 0.2) is 5.60 Å². The standard InChI is InChI=1S/C40H18Cl4N4O3S.CH4/c41-28-15-26-35(12-20(28)23(17-45)33-10-9-19-5-1-2-6-32(19)47-33)50-36-13-21(24(18-46)38-48-34-7-3-4-8-37(34)52-38)29(42)16-27(36)40(26)25-14-31(44)30(43)11-22(25)39(49)51-40;/h1-16,47-48H;1H4/b33-23+,38-24-;. The molecule has 0 aliphatic carbocycles. The Morgan fingerprint density at radius 2 is 1.30 bits per heavy atom. The normalized spacial score (nSPS) is 18.6. The van der Waals surface area contributed by atoms with Gasteiger partial charge >= 0.3 is 5.97 Å². The second-order valence-electron chi connectivity index (χ2n) is 12.1. The van der Waals surface area contributed by atoms with Gasteiger partial charge in [0.05, 0.1) is 43.2 Å². The van der Waals surface area contributed by atoms with E-state index in [2.05, 4.69) is 22.8 Å². The number of allylic oxidation sites excluding steroid dienone is 3. The quantitative estimate of drug-likeness (QED) is 0.134. The number of anilines is 2. The van der Waals surface area contributed by atoms with Crippen molar-refractivity contribution in [1.29, 1.82) is 10.5 Å². The predicted octanol–water partition coefficient (Wildman–Crippen LogP) is 12.3. The van der Waals surface area contributed by atoms with E-state index in [4.69, 9.17) is 55.9 Å². The summed E-state index contributed by atoms with van der Waals surface area (Å²) < 4.78 is 13.0. The summed E-state index contributed by atoms with van der Waals surface area (Å²) in [5.74, 6) is -0.129. The Morgan fingerprint density at radius 3 is 1.98 bits per heavy atom. The number of para-hydroxylation sites is 2. The summed E-state index contributed by atoms with van der Waals surface area (Å²) in [6, 6.07) is 29.7. The Labute approximate surface area is 328 Å². The van der Waals surface area contributed by atoms with Gasteiger partial charge in [0.1, 0.15) is 23.6 Å². The molecule has 4 aliphatic heterocycles. The van der Waals surface area contributed by atoms with Gasteiger partial charge in [-0.15, -0.1) is 0 Å². The number of halogens is 4. The Morgan fingerprint density at radius 1 is 0.698 bits per heavy atom. The molecule has 0 radical (unpaired) electrons. The van der Waals surface area contributed by atoms with Gasteiger partial charge in [0.2, 0.25) is 0 Å². The third kappa shape index (κ3) is 5.29. The minimum Gasteiger partial charge on any atom is -0.456 e. The minimum absolute atomic E-state index is 0. The molecule has 5 aromatic rings. The molecule has 1 unspecified atom stereocenters. The van der Waals surface area contributed by atoms with Crippen LogP contribution in [0.2, 0.25) is 20.1 Å². The number of benzene rings is 5. The van der Waals surface area contributed by atoms with Crippen LogP contribution >= 0.6 is 58.2 Å². The molecule has 12 heteroatoms. The van der Waals surface area contributed by atoms with E-state index in [1.165, 1.54) is 17.8 Å². The fraction of sp³-hybridized carbons (Fsp3) is 0.0488. The number of ether oxygens (including phenoxy) is 2. The summed E-state index contributed by atoms with van der Waals surface area (Å²) in [6.45, 7) is 0. The smallest absolute Gasteiger partial charge is 0.340 e. The molecule has 0 saturated heterocycles. The summed E-state index contributed by atoms with van der Waals surface area (Å²) in [5.41, 5.74) is 4.28. The number of nitrogens with zero attached hydrogens (tertiary/aromatic N) is 2. The van der Waals surface area contributed by atoms with E-state index < -0.39 is 11.6 Å². The number of thioether (sulfide) groups is 1. The highest BCUT2D eigenvalue weighted by molar-refractivity contribution is 8.04. The summed E-state index contributed by atoms with van der Waals surface area (Å²) >= 11 is 28.4. The van der Waals surface area contributed by atoms with Crippen LogP contribution in [-0.2, 0) is 10.3 Å². The fourth-order valence-electron chi connectivity index (χ4n) is 6.92. The van der Waals surface area contributed by atoms with Crippen LogP contribution < -0.4 is 15.4 Å². The molecule has 53 heavy (non-hydrogen) atoms. The number of fused-ring (bicyclic) bond motifs is 8. The number of nitriles is 2. The minimum atomic E-state index is -1.63. The molecule has 1 atom stereocenters. The molecule has 0 aromatic heterocycles. The largest absolute Gasteiger partial charge is 0.456 e. The van der Waals surface area contributed by atoms with Crippen LogP contribution in [-0.4, -0.2) is 5.97 Å². The maximum absolute atomic E-state index is 13.7. The number of rotatable bonds is 2. The molecule has 0 fully saturated rings. The van der Waals surface area contributed by atoms with Gasteiger partial charge in [-0.3, -0.25) is 0 Å². The molecular formula is C41H22Cl4N4O3S. The summed E-state index contributed by atoms with van der Waals surface area (Å²) in [4.78, 5) is 14.6. The molecule has 0 saturated carbocycles. The number of hydrogen-bond acceptors (Lipinski definition) is 8. The Balaban J connectivity index is 0.00000400. The van der Waals surface area contributed by atoms with Crippen LogP contribution in [0.15, 0.2) is 107 Å². The van der Waals surface area contributed by atoms with Crippen molar-refractivity contribution in [1.82, 2.24) is 0 Å². The van der Waals surface area contributed by atoms with Gasteiger partial charge < -0.3 is 20.1 Å². The molecule has 4 aliphatic rings. The first-order valence-corrected chi connectivity index (χ1v) is 18.0. The van der Waals surface area contributed by atoms with E-state index in [1.54, 1.807) is 30.3 Å². The van der Waals surface area contributed by atoms with Crippen molar-refractivity contribution < 1.29 is 14.3 Å². The van der Waals surface area contributed by atoms with Crippen molar-refractivity contribution in [2.45, 2.75) is 17.9 Å². The van der Waals surface area contributed by atoms with Gasteiger partial charge in [-0.05, 0) is 66.2 Å². The van der Waals surface area contributed by atoms with Gasteiger partial charge in [-0.1, -0.05) is 102 Å². The molecule has 1 spiro atoms. The van der Waals surface area contributed by atoms with Crippen LogP contribution in [0, 0.1) is 22.7 Å². The highest BCUT2D eigenvalue weighted by Gasteiger charge is 2.54. The number of carbonyl (C=O) groups excluding carboxylic acids is 1. The molecule has 9 rings (SSSR count). The lowest BCUT2D eigenvalue weighted by Gasteiger charge is -2.37. The van der Waals surface area contributed by atoms with E-state index in [0.29, 0.717) is 44.1 Å². The van der Waals surface area contributed by atoms with E-state index in [0.717, 1.165) is 21.8 Å². The van der Waals surface area contributed by atoms with Crippen LogP contribution in [0.4, 0.5) is 11.4 Å². The first-order valence-electron chi connectivity index (χ1n) is 15.7. The third-order valence-electron chi connectivity index (χ3n) is 9.29. The van der Waals surface area contributed by atoms with E-state index in [1.807, 2.05) is 60.7 Å². The van der Waals surface area contributed by atoms with Crippen LogP contribution in [0.1, 0.15) is 51.2 Å². The van der Waals surface area contributed by atoms with Crippen LogP contribution in [0.5, 0.6) is 11.5 Å². The van der Waals surface area contributed by atoms with Crippen molar-refractivity contribution >= 4 is 92.7 Å². The maximum atomic E-state index is 13.7. The average Bonchev–Trinajstić information content (AvgIpc) is 3.69. The molecule has 258 valence electrons. The Bertz CT molecular complexity index is 2650. The van der Waals surface area contributed by atoms with Gasteiger partial charge in [-0.2, -0.15) is 10.5 Å². The van der Waals surface area contributed by atoms with Crippen molar-refractivity contribution in [3.05, 3.63) is 161 Å². The molecule has 2 N–H and O–H groups in total. The molecule has 5 aromatic carbocycles. The summed E-state index contributed by atoms with van der Waals surface area (Å²) in [6.07, 6.45) is 3.73. The van der Waals surface area contributed by atoms with Gasteiger partial charge in [0, 0.05) is 48.4 Å². The lowest BCUT2D eigenvalue weighted by molar-refractivity contribution is 0.0224. The highest BCUT2D eigenvalue weighted by Crippen LogP contribution is 2.59. The molecule has 0 amide bonds. The topological polar surface area (TPSA) is 107 Å². The lowest BCUT2D eigenvalue weighted by atomic mass is 9.76. The molecular weight excluding hydrogens is 770 g/mol. The average molecular weight is 793 g/mol. The van der Waals surface area contributed by atoms with Crippen LogP contribution in [0.3, 0.4) is 0 Å². The fourth-order valence-corrected chi connectivity index (χ4v) is 8.78. The van der Waals surface area contributed by atoms with Gasteiger partial charge in [0.25, 0.3) is 0 Å². The molecule has 4 heterocycles. The first-order chi connectivity index (χ1) is 25.2. The van der Waals surface area contributed by atoms with Gasteiger partial charge in [-0.25, -0.2) is 4.79 Å². The number of nitrogens with one attached hydrogen (secondary N) is 2. The monoisotopic (exact) mass is 790 g/mol. The summed E-state index contributed by atoms with van der Waals surface area (Å²) in [5, 5.41) is 29.0. The molecule has 7 nitrogen and oxygen atoms in total. The zero-order valence-corrected chi connectivity index (χ0v) is 30.1. The second-order valence-corrected chi connectivity index (χ2v) is 14.8. The highest BCUT2D eigenvalue weighted by atomic mass is 35.5. The lowest BCUT2D eigenvalue weighted by Crippen LogP contribution is -2.33. The third-order valence-corrected chi connectivity index (χ3v) is 11.7. The van der Waals surface area contributed by atoms with Crippen molar-refractivity contribution in [2.24, 2.45) is 0 Å². The van der Waals surface area contributed by atoms with E-state index in [9.17, 15) is 15.3 Å². The number of esters is 1. The zero-order valence-electron chi connectivity index (χ0n) is 26.3. The van der Waals surface area contributed by atoms with E-state index >= 15 is 0 Å². The SMILES string of the molecule is C.N#C/C(=C1/C=Cc2ccccc2N1)c1cc2c(cc1Cl)C1(OC(=O)c3cc(Cl)c(Cl)cc31)c1cc(Cl)c(/C(C#N)=C3/Nc4ccccc4S3)cc1O2. The maximum Gasteiger partial charge on any atom is 0.340 e. The summed E-state index contributed by atoms with van der Waals surface area (Å²) in [7, 11) is 0. The number of carbonyl (C=O) groups is 1. The zero-order chi connectivity index (χ0) is 35.9. The predicted molar refractivity (Wildman–Crippen MR) is 212 cm³/mol. The Kier molecular flexibility index (Phi) is 8.50. The van der Waals surface area contributed by atoms with Crippen molar-refractivity contribution in [2.75, 3.05) is 10.6 Å².